The highest BCUT2D eigenvalue weighted by molar-refractivity contribution is 7.90. The van der Waals surface area contributed by atoms with E-state index in [0.29, 0.717) is 18.8 Å². The van der Waals surface area contributed by atoms with Crippen molar-refractivity contribution in [2.75, 3.05) is 30.4 Å². The molecule has 2 amide bonds. The molecule has 2 N–H and O–H groups in total. The van der Waals surface area contributed by atoms with Crippen LogP contribution >= 0.6 is 0 Å². The van der Waals surface area contributed by atoms with E-state index in [1.807, 2.05) is 30.3 Å². The van der Waals surface area contributed by atoms with Crippen LogP contribution in [0.5, 0.6) is 0 Å². The number of likely N-dealkylation sites (tertiary alicyclic amines) is 1. The number of H-pyrrole nitrogens is 1. The zero-order valence-corrected chi connectivity index (χ0v) is 14.9. The number of sulfone groups is 1. The highest BCUT2D eigenvalue weighted by Gasteiger charge is 2.26. The number of carbonyl (C=O) groups is 1. The molecule has 1 aromatic heterocycles. The Morgan fingerprint density at radius 2 is 2.24 bits per heavy atom. The summed E-state index contributed by atoms with van der Waals surface area (Å²) in [5.41, 5.74) is 2.51. The van der Waals surface area contributed by atoms with Gasteiger partial charge in [-0.2, -0.15) is 5.10 Å². The van der Waals surface area contributed by atoms with Crippen LogP contribution in [0.15, 0.2) is 36.5 Å². The molecule has 0 aliphatic carbocycles. The third-order valence-electron chi connectivity index (χ3n) is 4.27. The zero-order valence-electron chi connectivity index (χ0n) is 14.1. The lowest BCUT2D eigenvalue weighted by Gasteiger charge is -2.32. The largest absolute Gasteiger partial charge is 0.324 e. The third kappa shape index (κ3) is 4.82. The molecule has 134 valence electrons. The Labute approximate surface area is 147 Å². The van der Waals surface area contributed by atoms with Crippen molar-refractivity contribution < 1.29 is 13.2 Å². The first-order chi connectivity index (χ1) is 11.9. The van der Waals surface area contributed by atoms with Crippen molar-refractivity contribution in [3.8, 4) is 11.3 Å². The molecule has 0 spiro atoms. The molecule has 8 heteroatoms. The van der Waals surface area contributed by atoms with Gasteiger partial charge in [-0.05, 0) is 37.0 Å². The molecular weight excluding hydrogens is 340 g/mol. The fraction of sp³-hybridized carbons (Fsp3) is 0.412. The summed E-state index contributed by atoms with van der Waals surface area (Å²) < 4.78 is 23.0. The van der Waals surface area contributed by atoms with Crippen molar-refractivity contribution in [2.24, 2.45) is 5.92 Å². The molecule has 1 fully saturated rings. The Morgan fingerprint density at radius 3 is 2.96 bits per heavy atom. The molecule has 2 aromatic rings. The van der Waals surface area contributed by atoms with E-state index in [0.717, 1.165) is 24.1 Å². The molecule has 1 aliphatic rings. The predicted octanol–water partition coefficient (Wildman–Crippen LogP) is 2.37. The molecule has 7 nitrogen and oxygen atoms in total. The maximum Gasteiger partial charge on any atom is 0.321 e. The van der Waals surface area contributed by atoms with E-state index in [-0.39, 0.29) is 17.7 Å². The topological polar surface area (TPSA) is 95.2 Å². The summed E-state index contributed by atoms with van der Waals surface area (Å²) in [5.74, 6) is 0.136. The summed E-state index contributed by atoms with van der Waals surface area (Å²) in [4.78, 5) is 14.2. The highest BCUT2D eigenvalue weighted by Crippen LogP contribution is 2.22. The number of aromatic nitrogens is 2. The highest BCUT2D eigenvalue weighted by atomic mass is 32.2. The lowest BCUT2D eigenvalue weighted by molar-refractivity contribution is 0.183. The number of benzene rings is 1. The zero-order chi connectivity index (χ0) is 17.9. The minimum absolute atomic E-state index is 0.00540. The van der Waals surface area contributed by atoms with Crippen molar-refractivity contribution in [2.45, 2.75) is 12.8 Å². The number of piperidine rings is 1. The fourth-order valence-electron chi connectivity index (χ4n) is 3.20. The Bertz CT molecular complexity index is 833. The van der Waals surface area contributed by atoms with Gasteiger partial charge in [0.15, 0.2) is 0 Å². The Hall–Kier alpha value is -2.35. The van der Waals surface area contributed by atoms with Gasteiger partial charge < -0.3 is 10.2 Å². The molecule has 1 atom stereocenters. The summed E-state index contributed by atoms with van der Waals surface area (Å²) >= 11 is 0. The molecule has 3 rings (SSSR count). The van der Waals surface area contributed by atoms with E-state index in [1.165, 1.54) is 6.26 Å². The molecule has 0 unspecified atom stereocenters. The first-order valence-electron chi connectivity index (χ1n) is 8.24. The van der Waals surface area contributed by atoms with Crippen LogP contribution in [0.25, 0.3) is 11.3 Å². The SMILES string of the molecule is CS(=O)(=O)C[C@H]1CCCN(C(=O)Nc2cccc(-c3ccn[nH]3)c2)C1. The number of nitrogens with zero attached hydrogens (tertiary/aromatic N) is 2. The van der Waals surface area contributed by atoms with Gasteiger partial charge in [0.25, 0.3) is 0 Å². The average molecular weight is 362 g/mol. The van der Waals surface area contributed by atoms with E-state index in [1.54, 1.807) is 11.1 Å². The number of nitrogens with one attached hydrogen (secondary N) is 2. The lowest BCUT2D eigenvalue weighted by Crippen LogP contribution is -2.43. The smallest absolute Gasteiger partial charge is 0.321 e. The van der Waals surface area contributed by atoms with E-state index >= 15 is 0 Å². The van der Waals surface area contributed by atoms with Crippen LogP contribution in [-0.2, 0) is 9.84 Å². The van der Waals surface area contributed by atoms with Gasteiger partial charge in [-0.15, -0.1) is 0 Å². The minimum atomic E-state index is -3.03. The van der Waals surface area contributed by atoms with Crippen LogP contribution in [0.1, 0.15) is 12.8 Å². The standard InChI is InChI=1S/C17H22N4O3S/c1-25(23,24)12-13-4-3-9-21(11-13)17(22)19-15-6-2-5-14(10-15)16-7-8-18-20-16/h2,5-8,10,13H,3-4,9,11-12H2,1H3,(H,18,20)(H,19,22)/t13-/m0/s1. The molecule has 1 aliphatic heterocycles. The van der Waals surface area contributed by atoms with Gasteiger partial charge in [0.2, 0.25) is 0 Å². The van der Waals surface area contributed by atoms with Crippen molar-refractivity contribution in [3.05, 3.63) is 36.5 Å². The number of hydrogen-bond donors (Lipinski definition) is 2. The maximum absolute atomic E-state index is 12.5. The number of hydrogen-bond acceptors (Lipinski definition) is 4. The number of aromatic amines is 1. The van der Waals surface area contributed by atoms with E-state index in [9.17, 15) is 13.2 Å². The van der Waals surface area contributed by atoms with E-state index in [4.69, 9.17) is 0 Å². The molecule has 0 saturated carbocycles. The van der Waals surface area contributed by atoms with Crippen LogP contribution in [0.2, 0.25) is 0 Å². The summed E-state index contributed by atoms with van der Waals surface area (Å²) in [6, 6.07) is 9.18. The van der Waals surface area contributed by atoms with E-state index in [2.05, 4.69) is 15.5 Å². The van der Waals surface area contributed by atoms with Crippen LogP contribution in [0.3, 0.4) is 0 Å². The van der Waals surface area contributed by atoms with Crippen LogP contribution < -0.4 is 5.32 Å². The minimum Gasteiger partial charge on any atom is -0.324 e. The molecule has 25 heavy (non-hydrogen) atoms. The summed E-state index contributed by atoms with van der Waals surface area (Å²) in [5, 5.41) is 9.73. The van der Waals surface area contributed by atoms with Gasteiger partial charge in [-0.25, -0.2) is 13.2 Å². The van der Waals surface area contributed by atoms with Crippen molar-refractivity contribution in [3.63, 3.8) is 0 Å². The molecule has 1 aromatic carbocycles. The lowest BCUT2D eigenvalue weighted by atomic mass is 10.0. The summed E-state index contributed by atoms with van der Waals surface area (Å²) in [6.45, 7) is 1.12. The second kappa shape index (κ2) is 7.26. The van der Waals surface area contributed by atoms with Crippen LogP contribution in [0.4, 0.5) is 10.5 Å². The van der Waals surface area contributed by atoms with Gasteiger partial charge in [0.1, 0.15) is 9.84 Å². The fourth-order valence-corrected chi connectivity index (χ4v) is 4.33. The van der Waals surface area contributed by atoms with Crippen molar-refractivity contribution >= 4 is 21.6 Å². The normalized spacial score (nSPS) is 18.1. The second-order valence-corrected chi connectivity index (χ2v) is 8.71. The van der Waals surface area contributed by atoms with Crippen LogP contribution in [-0.4, -0.2) is 54.6 Å². The quantitative estimate of drug-likeness (QED) is 0.873. The third-order valence-corrected chi connectivity index (χ3v) is 5.35. The first-order valence-corrected chi connectivity index (χ1v) is 10.3. The number of amides is 2. The molecule has 0 bridgehead atoms. The van der Waals surface area contributed by atoms with Crippen molar-refractivity contribution in [1.82, 2.24) is 15.1 Å². The van der Waals surface area contributed by atoms with E-state index < -0.39 is 9.84 Å². The van der Waals surface area contributed by atoms with Gasteiger partial charge in [-0.1, -0.05) is 12.1 Å². The predicted molar refractivity (Wildman–Crippen MR) is 97.1 cm³/mol. The monoisotopic (exact) mass is 362 g/mol. The van der Waals surface area contributed by atoms with Crippen molar-refractivity contribution in [1.29, 1.82) is 0 Å². The summed E-state index contributed by atoms with van der Waals surface area (Å²) in [7, 11) is -3.03. The van der Waals surface area contributed by atoms with Crippen LogP contribution in [0, 0.1) is 5.92 Å². The Kier molecular flexibility index (Phi) is 5.08. The maximum atomic E-state index is 12.5. The van der Waals surface area contributed by atoms with Gasteiger partial charge in [0, 0.05) is 36.8 Å². The average Bonchev–Trinajstić information content (AvgIpc) is 3.08. The number of carbonyl (C=O) groups excluding carboxylic acids is 1. The molecular formula is C17H22N4O3S. The second-order valence-electron chi connectivity index (χ2n) is 6.53. The molecule has 2 heterocycles. The molecule has 1 saturated heterocycles. The number of anilines is 1. The molecule has 0 radical (unpaired) electrons. The van der Waals surface area contributed by atoms with Gasteiger partial charge in [0.05, 0.1) is 11.4 Å². The number of urea groups is 1. The number of rotatable bonds is 4. The summed E-state index contributed by atoms with van der Waals surface area (Å²) in [6.07, 6.45) is 4.58. The Morgan fingerprint density at radius 1 is 1.40 bits per heavy atom. The Balaban J connectivity index is 1.65. The first kappa shape index (κ1) is 17.5. The van der Waals surface area contributed by atoms with Gasteiger partial charge >= 0.3 is 6.03 Å². The van der Waals surface area contributed by atoms with Gasteiger partial charge in [-0.3, -0.25) is 5.10 Å².